The molecule has 0 aromatic carbocycles. The lowest BCUT2D eigenvalue weighted by molar-refractivity contribution is -0.132. The highest BCUT2D eigenvalue weighted by atomic mass is 16.4. The molecule has 0 saturated heterocycles. The number of aliphatic hydroxyl groups is 1. The predicted molar refractivity (Wildman–Crippen MR) is 49.4 cm³/mol. The zero-order valence-corrected chi connectivity index (χ0v) is 7.86. The molecule has 1 rings (SSSR count). The van der Waals surface area contributed by atoms with Gasteiger partial charge in [-0.3, -0.25) is 0 Å². The zero-order valence-electron chi connectivity index (χ0n) is 7.86. The highest BCUT2D eigenvalue weighted by Gasteiger charge is 2.18. The van der Waals surface area contributed by atoms with Crippen LogP contribution in [0.4, 0.5) is 0 Å². The van der Waals surface area contributed by atoms with Gasteiger partial charge in [-0.1, -0.05) is 6.08 Å². The summed E-state index contributed by atoms with van der Waals surface area (Å²) in [7, 11) is 0. The molecule has 1 fully saturated rings. The standard InChI is InChI=1S/C10H16O3/c1-7(10(12)13)6-8-2-4-9(11)5-3-8/h6,8-9,11H,2-5H2,1H3,(H,12,13). The second-order valence-electron chi connectivity index (χ2n) is 3.72. The van der Waals surface area contributed by atoms with Gasteiger partial charge in [0.2, 0.25) is 0 Å². The summed E-state index contributed by atoms with van der Waals surface area (Å²) in [6.07, 6.45) is 5.06. The SMILES string of the molecule is CC(=CC1CCC(O)CC1)C(=O)O. The second-order valence-corrected chi connectivity index (χ2v) is 3.72. The minimum absolute atomic E-state index is 0.171. The second kappa shape index (κ2) is 4.42. The highest BCUT2D eigenvalue weighted by molar-refractivity contribution is 5.85. The van der Waals surface area contributed by atoms with Crippen molar-refractivity contribution in [3.05, 3.63) is 11.6 Å². The lowest BCUT2D eigenvalue weighted by Crippen LogP contribution is -2.17. The van der Waals surface area contributed by atoms with Gasteiger partial charge in [0.05, 0.1) is 6.10 Å². The molecule has 0 aromatic rings. The van der Waals surface area contributed by atoms with Crippen molar-refractivity contribution in [3.63, 3.8) is 0 Å². The summed E-state index contributed by atoms with van der Waals surface area (Å²) in [6.45, 7) is 1.62. The Labute approximate surface area is 78.1 Å². The molecule has 1 aliphatic rings. The number of carboxylic acids is 1. The molecule has 74 valence electrons. The Balaban J connectivity index is 2.46. The topological polar surface area (TPSA) is 57.5 Å². The molecule has 0 heterocycles. The summed E-state index contributed by atoms with van der Waals surface area (Å²) in [6, 6.07) is 0. The van der Waals surface area contributed by atoms with Crippen LogP contribution in [0.5, 0.6) is 0 Å². The van der Waals surface area contributed by atoms with Gasteiger partial charge in [-0.15, -0.1) is 0 Å². The Morgan fingerprint density at radius 1 is 1.31 bits per heavy atom. The summed E-state index contributed by atoms with van der Waals surface area (Å²) in [5.41, 5.74) is 0.418. The highest BCUT2D eigenvalue weighted by Crippen LogP contribution is 2.25. The van der Waals surface area contributed by atoms with Gasteiger partial charge in [0.1, 0.15) is 0 Å². The van der Waals surface area contributed by atoms with E-state index < -0.39 is 5.97 Å². The Morgan fingerprint density at radius 3 is 2.31 bits per heavy atom. The van der Waals surface area contributed by atoms with Crippen molar-refractivity contribution in [2.24, 2.45) is 5.92 Å². The minimum Gasteiger partial charge on any atom is -0.478 e. The molecule has 3 heteroatoms. The molecule has 13 heavy (non-hydrogen) atoms. The van der Waals surface area contributed by atoms with Crippen LogP contribution in [0.1, 0.15) is 32.6 Å². The summed E-state index contributed by atoms with van der Waals surface area (Å²) < 4.78 is 0. The van der Waals surface area contributed by atoms with Crippen molar-refractivity contribution in [1.82, 2.24) is 0 Å². The van der Waals surface area contributed by atoms with Crippen LogP contribution in [0, 0.1) is 5.92 Å². The average Bonchev–Trinajstić information content (AvgIpc) is 2.08. The molecule has 0 aliphatic heterocycles. The van der Waals surface area contributed by atoms with Gasteiger partial charge in [0.15, 0.2) is 0 Å². The first-order valence-electron chi connectivity index (χ1n) is 4.69. The fourth-order valence-electron chi connectivity index (χ4n) is 1.69. The van der Waals surface area contributed by atoms with Crippen LogP contribution in [-0.4, -0.2) is 22.3 Å². The largest absolute Gasteiger partial charge is 0.478 e. The molecule has 0 aromatic heterocycles. The van der Waals surface area contributed by atoms with Crippen molar-refractivity contribution >= 4 is 5.97 Å². The van der Waals surface area contributed by atoms with Crippen LogP contribution in [0.25, 0.3) is 0 Å². The molecule has 0 atom stereocenters. The van der Waals surface area contributed by atoms with E-state index in [0.29, 0.717) is 11.5 Å². The summed E-state index contributed by atoms with van der Waals surface area (Å²) in [5, 5.41) is 17.9. The molecule has 1 aliphatic carbocycles. The number of carboxylic acid groups (broad SMARTS) is 1. The maximum atomic E-state index is 10.5. The first kappa shape index (κ1) is 10.3. The van der Waals surface area contributed by atoms with Crippen molar-refractivity contribution < 1.29 is 15.0 Å². The van der Waals surface area contributed by atoms with Crippen molar-refractivity contribution in [1.29, 1.82) is 0 Å². The Kier molecular flexibility index (Phi) is 3.48. The fraction of sp³-hybridized carbons (Fsp3) is 0.700. The Bertz CT molecular complexity index is 212. The molecular weight excluding hydrogens is 168 g/mol. The number of aliphatic carboxylic acids is 1. The monoisotopic (exact) mass is 184 g/mol. The maximum absolute atomic E-state index is 10.5. The molecule has 0 radical (unpaired) electrons. The van der Waals surface area contributed by atoms with Crippen molar-refractivity contribution in [3.8, 4) is 0 Å². The van der Waals surface area contributed by atoms with Gasteiger partial charge in [0.25, 0.3) is 0 Å². The van der Waals surface area contributed by atoms with Crippen LogP contribution in [0.2, 0.25) is 0 Å². The molecule has 1 saturated carbocycles. The minimum atomic E-state index is -0.842. The summed E-state index contributed by atoms with van der Waals surface area (Å²) >= 11 is 0. The van der Waals surface area contributed by atoms with E-state index in [1.807, 2.05) is 6.08 Å². The van der Waals surface area contributed by atoms with E-state index in [9.17, 15) is 9.90 Å². The van der Waals surface area contributed by atoms with Gasteiger partial charge in [0, 0.05) is 5.57 Å². The molecule has 0 unspecified atom stereocenters. The van der Waals surface area contributed by atoms with Crippen LogP contribution in [-0.2, 0) is 4.79 Å². The number of hydrogen-bond acceptors (Lipinski definition) is 2. The van der Waals surface area contributed by atoms with Gasteiger partial charge < -0.3 is 10.2 Å². The summed E-state index contributed by atoms with van der Waals surface area (Å²) in [5.74, 6) is -0.495. The number of hydrogen-bond donors (Lipinski definition) is 2. The molecule has 0 amide bonds. The smallest absolute Gasteiger partial charge is 0.330 e. The third-order valence-electron chi connectivity index (χ3n) is 2.56. The van der Waals surface area contributed by atoms with E-state index in [1.54, 1.807) is 6.92 Å². The number of allylic oxidation sites excluding steroid dienone is 1. The molecule has 2 N–H and O–H groups in total. The first-order chi connectivity index (χ1) is 6.09. The molecule has 0 spiro atoms. The van der Waals surface area contributed by atoms with Gasteiger partial charge in [-0.25, -0.2) is 4.79 Å². The van der Waals surface area contributed by atoms with E-state index >= 15 is 0 Å². The van der Waals surface area contributed by atoms with E-state index in [0.717, 1.165) is 25.7 Å². The fourth-order valence-corrected chi connectivity index (χ4v) is 1.69. The van der Waals surface area contributed by atoms with E-state index in [2.05, 4.69) is 0 Å². The van der Waals surface area contributed by atoms with Gasteiger partial charge >= 0.3 is 5.97 Å². The number of rotatable bonds is 2. The molecule has 3 nitrogen and oxygen atoms in total. The van der Waals surface area contributed by atoms with Crippen LogP contribution < -0.4 is 0 Å². The van der Waals surface area contributed by atoms with Crippen LogP contribution in [0.15, 0.2) is 11.6 Å². The lowest BCUT2D eigenvalue weighted by Gasteiger charge is -2.22. The third-order valence-corrected chi connectivity index (χ3v) is 2.56. The third kappa shape index (κ3) is 3.19. The van der Waals surface area contributed by atoms with E-state index in [1.165, 1.54) is 0 Å². The first-order valence-corrected chi connectivity index (χ1v) is 4.69. The quantitative estimate of drug-likeness (QED) is 0.640. The molecular formula is C10H16O3. The van der Waals surface area contributed by atoms with Crippen molar-refractivity contribution in [2.45, 2.75) is 38.7 Å². The number of carbonyl (C=O) groups is 1. The zero-order chi connectivity index (χ0) is 9.84. The van der Waals surface area contributed by atoms with Gasteiger partial charge in [-0.2, -0.15) is 0 Å². The Morgan fingerprint density at radius 2 is 1.85 bits per heavy atom. The van der Waals surface area contributed by atoms with Crippen molar-refractivity contribution in [2.75, 3.05) is 0 Å². The Hall–Kier alpha value is -0.830. The van der Waals surface area contributed by atoms with Crippen LogP contribution in [0.3, 0.4) is 0 Å². The normalized spacial score (nSPS) is 30.2. The van der Waals surface area contributed by atoms with E-state index in [-0.39, 0.29) is 6.10 Å². The van der Waals surface area contributed by atoms with E-state index in [4.69, 9.17) is 5.11 Å². The average molecular weight is 184 g/mol. The van der Waals surface area contributed by atoms with Gasteiger partial charge in [-0.05, 0) is 38.5 Å². The lowest BCUT2D eigenvalue weighted by atomic mass is 9.86. The predicted octanol–water partition coefficient (Wildman–Crippen LogP) is 1.57. The van der Waals surface area contributed by atoms with Crippen LogP contribution >= 0.6 is 0 Å². The summed E-state index contributed by atoms with van der Waals surface area (Å²) in [4.78, 5) is 10.5. The molecule has 0 bridgehead atoms. The maximum Gasteiger partial charge on any atom is 0.330 e. The number of aliphatic hydroxyl groups excluding tert-OH is 1.